The summed E-state index contributed by atoms with van der Waals surface area (Å²) in [6.07, 6.45) is -2.88. The highest BCUT2D eigenvalue weighted by Gasteiger charge is 2.30. The maximum Gasteiger partial charge on any atom is 0.416 e. The molecule has 1 N–H and O–H groups in total. The lowest BCUT2D eigenvalue weighted by atomic mass is 10.2. The fraction of sp³-hybridized carbons (Fsp3) is 0.0952. The van der Waals surface area contributed by atoms with Crippen molar-refractivity contribution in [2.45, 2.75) is 12.8 Å². The molecule has 0 fully saturated rings. The molecule has 28 heavy (non-hydrogen) atoms. The normalized spacial score (nSPS) is 11.6. The molecule has 0 saturated heterocycles. The van der Waals surface area contributed by atoms with Gasteiger partial charge in [-0.3, -0.25) is 5.43 Å². The molecule has 3 aromatic rings. The highest BCUT2D eigenvalue weighted by molar-refractivity contribution is 6.30. The van der Waals surface area contributed by atoms with Crippen LogP contribution >= 0.6 is 11.6 Å². The van der Waals surface area contributed by atoms with Gasteiger partial charge in [-0.05, 0) is 53.6 Å². The van der Waals surface area contributed by atoms with Crippen LogP contribution in [0.25, 0.3) is 0 Å². The second kappa shape index (κ2) is 8.80. The number of hydrogen-bond acceptors (Lipinski definition) is 3. The Morgan fingerprint density at radius 1 is 0.964 bits per heavy atom. The quantitative estimate of drug-likeness (QED) is 0.382. The van der Waals surface area contributed by atoms with Crippen LogP contribution in [0.3, 0.4) is 0 Å². The van der Waals surface area contributed by atoms with Gasteiger partial charge in [-0.1, -0.05) is 41.9 Å². The van der Waals surface area contributed by atoms with E-state index in [0.29, 0.717) is 17.4 Å². The van der Waals surface area contributed by atoms with Crippen molar-refractivity contribution in [1.82, 2.24) is 0 Å². The lowest BCUT2D eigenvalue weighted by Crippen LogP contribution is -2.05. The Hall–Kier alpha value is -2.99. The highest BCUT2D eigenvalue weighted by Crippen LogP contribution is 2.30. The van der Waals surface area contributed by atoms with Crippen LogP contribution in [0.4, 0.5) is 18.9 Å². The highest BCUT2D eigenvalue weighted by atomic mass is 35.5. The second-order valence-electron chi connectivity index (χ2n) is 5.94. The first-order chi connectivity index (χ1) is 13.4. The number of anilines is 1. The summed E-state index contributed by atoms with van der Waals surface area (Å²) in [4.78, 5) is 0. The summed E-state index contributed by atoms with van der Waals surface area (Å²) < 4.78 is 43.9. The van der Waals surface area contributed by atoms with Crippen molar-refractivity contribution in [3.05, 3.63) is 94.5 Å². The van der Waals surface area contributed by atoms with E-state index in [2.05, 4.69) is 10.5 Å². The summed E-state index contributed by atoms with van der Waals surface area (Å²) in [6.45, 7) is 0.389. The molecule has 0 bridgehead atoms. The van der Waals surface area contributed by atoms with Crippen molar-refractivity contribution in [2.24, 2.45) is 5.10 Å². The van der Waals surface area contributed by atoms with Crippen molar-refractivity contribution >= 4 is 23.5 Å². The van der Waals surface area contributed by atoms with E-state index in [4.69, 9.17) is 16.3 Å². The molecule has 0 atom stereocenters. The topological polar surface area (TPSA) is 33.6 Å². The average Bonchev–Trinajstić information content (AvgIpc) is 2.68. The van der Waals surface area contributed by atoms with Gasteiger partial charge in [-0.15, -0.1) is 0 Å². The van der Waals surface area contributed by atoms with Crippen molar-refractivity contribution in [1.29, 1.82) is 0 Å². The van der Waals surface area contributed by atoms with E-state index >= 15 is 0 Å². The summed E-state index contributed by atoms with van der Waals surface area (Å²) in [5.41, 5.74) is 3.85. The van der Waals surface area contributed by atoms with Crippen LogP contribution in [0.2, 0.25) is 5.02 Å². The lowest BCUT2D eigenvalue weighted by Gasteiger charge is -2.08. The van der Waals surface area contributed by atoms with Gasteiger partial charge in [0.05, 0.1) is 17.5 Å². The Morgan fingerprint density at radius 3 is 2.46 bits per heavy atom. The Kier molecular flexibility index (Phi) is 6.21. The average molecular weight is 405 g/mol. The Balaban J connectivity index is 1.60. The predicted octanol–water partition coefficient (Wildman–Crippen LogP) is 6.38. The third-order valence-electron chi connectivity index (χ3n) is 3.77. The molecule has 0 radical (unpaired) electrons. The number of ether oxygens (including phenoxy) is 1. The molecule has 0 aromatic heterocycles. The molecule has 3 nitrogen and oxygen atoms in total. The van der Waals surface area contributed by atoms with Gasteiger partial charge < -0.3 is 4.74 Å². The van der Waals surface area contributed by atoms with Crippen LogP contribution in [0, 0.1) is 0 Å². The van der Waals surface area contributed by atoms with Gasteiger partial charge in [0.1, 0.15) is 12.4 Å². The van der Waals surface area contributed by atoms with Crippen LogP contribution in [0.5, 0.6) is 5.75 Å². The Morgan fingerprint density at radius 2 is 1.71 bits per heavy atom. The minimum Gasteiger partial charge on any atom is -0.489 e. The van der Waals surface area contributed by atoms with Gasteiger partial charge in [0.25, 0.3) is 0 Å². The van der Waals surface area contributed by atoms with E-state index in [1.54, 1.807) is 18.2 Å². The molecular weight excluding hydrogens is 389 g/mol. The molecule has 0 aliphatic rings. The van der Waals surface area contributed by atoms with Crippen LogP contribution in [0.15, 0.2) is 77.9 Å². The lowest BCUT2D eigenvalue weighted by molar-refractivity contribution is -0.137. The molecule has 0 spiro atoms. The minimum absolute atomic E-state index is 0.251. The van der Waals surface area contributed by atoms with Crippen molar-refractivity contribution in [3.8, 4) is 5.75 Å². The minimum atomic E-state index is -4.39. The summed E-state index contributed by atoms with van der Waals surface area (Å²) in [5.74, 6) is 0.651. The zero-order valence-corrected chi connectivity index (χ0v) is 15.3. The largest absolute Gasteiger partial charge is 0.489 e. The maximum atomic E-state index is 12.7. The number of rotatable bonds is 6. The number of nitrogens with zero attached hydrogens (tertiary/aromatic N) is 1. The predicted molar refractivity (Wildman–Crippen MR) is 105 cm³/mol. The van der Waals surface area contributed by atoms with Crippen molar-refractivity contribution in [2.75, 3.05) is 5.43 Å². The number of hydrazone groups is 1. The Labute approximate surface area is 165 Å². The summed E-state index contributed by atoms with van der Waals surface area (Å²) in [5, 5.41) is 4.65. The zero-order valence-electron chi connectivity index (χ0n) is 14.6. The van der Waals surface area contributed by atoms with E-state index in [9.17, 15) is 13.2 Å². The molecule has 3 aromatic carbocycles. The first kappa shape index (κ1) is 19.8. The number of alkyl halides is 3. The van der Waals surface area contributed by atoms with E-state index < -0.39 is 11.7 Å². The van der Waals surface area contributed by atoms with Gasteiger partial charge >= 0.3 is 6.18 Å². The van der Waals surface area contributed by atoms with Crippen molar-refractivity contribution < 1.29 is 17.9 Å². The third-order valence-corrected chi connectivity index (χ3v) is 4.03. The molecular formula is C21H16ClF3N2O. The molecule has 0 aliphatic carbocycles. The van der Waals surface area contributed by atoms with Crippen molar-refractivity contribution in [3.63, 3.8) is 0 Å². The summed E-state index contributed by atoms with van der Waals surface area (Å²) >= 11 is 5.86. The fourth-order valence-corrected chi connectivity index (χ4v) is 2.50. The SMILES string of the molecule is FC(F)(F)c1cccc(NN=Cc2cccc(OCc3ccc(Cl)cc3)c2)c1. The summed E-state index contributed by atoms with van der Waals surface area (Å²) in [6, 6.07) is 19.4. The van der Waals surface area contributed by atoms with Gasteiger partial charge in [-0.25, -0.2) is 0 Å². The third kappa shape index (κ3) is 5.76. The van der Waals surface area contributed by atoms with E-state index in [1.807, 2.05) is 30.3 Å². The Bertz CT molecular complexity index is 956. The van der Waals surface area contributed by atoms with Gasteiger partial charge in [0.2, 0.25) is 0 Å². The smallest absolute Gasteiger partial charge is 0.416 e. The van der Waals surface area contributed by atoms with Crippen LogP contribution in [-0.4, -0.2) is 6.21 Å². The van der Waals surface area contributed by atoms with Gasteiger partial charge in [-0.2, -0.15) is 18.3 Å². The van der Waals surface area contributed by atoms with E-state index in [0.717, 1.165) is 23.3 Å². The van der Waals surface area contributed by atoms with Crippen LogP contribution in [0.1, 0.15) is 16.7 Å². The number of nitrogens with one attached hydrogen (secondary N) is 1. The molecule has 0 heterocycles. The second-order valence-corrected chi connectivity index (χ2v) is 6.37. The molecule has 0 saturated carbocycles. The van der Waals surface area contributed by atoms with Gasteiger partial charge in [0, 0.05) is 5.02 Å². The number of hydrogen-bond donors (Lipinski definition) is 1. The maximum absolute atomic E-state index is 12.7. The molecule has 0 aliphatic heterocycles. The van der Waals surface area contributed by atoms with Crippen LogP contribution < -0.4 is 10.2 Å². The number of benzene rings is 3. The molecule has 3 rings (SSSR count). The first-order valence-electron chi connectivity index (χ1n) is 8.34. The molecule has 0 unspecified atom stereocenters. The van der Waals surface area contributed by atoms with E-state index in [-0.39, 0.29) is 5.69 Å². The molecule has 0 amide bonds. The molecule has 7 heteroatoms. The first-order valence-corrected chi connectivity index (χ1v) is 8.71. The van der Waals surface area contributed by atoms with Crippen LogP contribution in [-0.2, 0) is 12.8 Å². The number of halogens is 4. The fourth-order valence-electron chi connectivity index (χ4n) is 2.38. The molecule has 144 valence electrons. The van der Waals surface area contributed by atoms with E-state index in [1.165, 1.54) is 18.3 Å². The summed E-state index contributed by atoms with van der Waals surface area (Å²) in [7, 11) is 0. The zero-order chi connectivity index (χ0) is 20.0. The van der Waals surface area contributed by atoms with Gasteiger partial charge in [0.15, 0.2) is 0 Å². The monoisotopic (exact) mass is 404 g/mol. The standard InChI is InChI=1S/C21H16ClF3N2O/c22-18-9-7-15(8-10-18)14-28-20-6-1-3-16(11-20)13-26-27-19-5-2-4-17(12-19)21(23,24)25/h1-13,27H,14H2.